The summed E-state index contributed by atoms with van der Waals surface area (Å²) >= 11 is 0. The van der Waals surface area contributed by atoms with Crippen molar-refractivity contribution in [3.05, 3.63) is 0 Å². The van der Waals surface area contributed by atoms with Gasteiger partial charge in [-0.25, -0.2) is 0 Å². The van der Waals surface area contributed by atoms with Gasteiger partial charge in [-0.05, 0) is 47.8 Å². The van der Waals surface area contributed by atoms with Crippen LogP contribution < -0.4 is 0 Å². The van der Waals surface area contributed by atoms with E-state index in [-0.39, 0.29) is 0 Å². The molecule has 0 aliphatic heterocycles. The molecule has 2 aliphatic rings. The van der Waals surface area contributed by atoms with Gasteiger partial charge in [-0.1, -0.05) is 34.6 Å². The van der Waals surface area contributed by atoms with Gasteiger partial charge in [0.15, 0.2) is 0 Å². The van der Waals surface area contributed by atoms with Gasteiger partial charge in [0.05, 0.1) is 0 Å². The van der Waals surface area contributed by atoms with Crippen LogP contribution in [-0.4, -0.2) is 0 Å². The Bertz CT molecular complexity index is 224. The molecule has 2 fully saturated rings. The van der Waals surface area contributed by atoms with Crippen molar-refractivity contribution in [3.63, 3.8) is 0 Å². The molecule has 0 heterocycles. The van der Waals surface area contributed by atoms with Crippen LogP contribution in [0.15, 0.2) is 0 Å². The average Bonchev–Trinajstić information content (AvgIpc) is 2.11. The van der Waals surface area contributed by atoms with E-state index in [0.717, 1.165) is 5.92 Å². The normalized spacial score (nSPS) is 46.4. The first-order valence-electron chi connectivity index (χ1n) is 5.80. The van der Waals surface area contributed by atoms with Gasteiger partial charge in [0.2, 0.25) is 0 Å². The van der Waals surface area contributed by atoms with Gasteiger partial charge >= 0.3 is 0 Å². The van der Waals surface area contributed by atoms with Gasteiger partial charge in [0.1, 0.15) is 0 Å². The van der Waals surface area contributed by atoms with Crippen molar-refractivity contribution in [2.45, 2.75) is 60.3 Å². The molecule has 2 aliphatic carbocycles. The molecule has 0 spiro atoms. The van der Waals surface area contributed by atoms with Crippen LogP contribution >= 0.6 is 0 Å². The summed E-state index contributed by atoms with van der Waals surface area (Å²) in [7, 11) is 0. The van der Waals surface area contributed by atoms with Gasteiger partial charge < -0.3 is 0 Å². The van der Waals surface area contributed by atoms with E-state index in [1.54, 1.807) is 0 Å². The Hall–Kier alpha value is 0. The van der Waals surface area contributed by atoms with Gasteiger partial charge in [-0.15, -0.1) is 0 Å². The summed E-state index contributed by atoms with van der Waals surface area (Å²) in [5.41, 5.74) is 1.82. The molecule has 0 aromatic rings. The highest BCUT2D eigenvalue weighted by atomic mass is 14.6. The van der Waals surface area contributed by atoms with Crippen LogP contribution in [0.4, 0.5) is 0 Å². The zero-order chi connectivity index (χ0) is 9.91. The molecule has 0 heteroatoms. The third-order valence-electron chi connectivity index (χ3n) is 5.68. The number of hydrogen-bond donors (Lipinski definition) is 0. The van der Waals surface area contributed by atoms with Crippen LogP contribution in [-0.2, 0) is 0 Å². The Morgan fingerprint density at radius 2 is 1.46 bits per heavy atom. The Labute approximate surface area is 83.1 Å². The Balaban J connectivity index is 2.39. The summed E-state index contributed by atoms with van der Waals surface area (Å²) in [5, 5.41) is 0. The summed E-state index contributed by atoms with van der Waals surface area (Å²) in [6, 6.07) is 0. The molecule has 2 atom stereocenters. The maximum atomic E-state index is 2.52. The predicted octanol–water partition coefficient (Wildman–Crippen LogP) is 4.25. The SMILES string of the molecule is CC1(C)CCC2(C)CCC1C2(C)C. The van der Waals surface area contributed by atoms with Crippen LogP contribution in [0, 0.1) is 22.2 Å². The third-order valence-corrected chi connectivity index (χ3v) is 5.68. The van der Waals surface area contributed by atoms with Crippen LogP contribution in [0.3, 0.4) is 0 Å². The zero-order valence-corrected chi connectivity index (χ0v) is 9.91. The fraction of sp³-hybridized carbons (Fsp3) is 1.00. The van der Waals surface area contributed by atoms with E-state index in [0.29, 0.717) is 16.2 Å². The second-order valence-electron chi connectivity index (χ2n) is 6.86. The first-order valence-corrected chi connectivity index (χ1v) is 5.80. The van der Waals surface area contributed by atoms with E-state index in [2.05, 4.69) is 34.6 Å². The fourth-order valence-corrected chi connectivity index (χ4v) is 4.15. The minimum atomic E-state index is 0.578. The van der Waals surface area contributed by atoms with Crippen molar-refractivity contribution < 1.29 is 0 Å². The van der Waals surface area contributed by atoms with E-state index >= 15 is 0 Å². The van der Waals surface area contributed by atoms with Crippen molar-refractivity contribution in [2.75, 3.05) is 0 Å². The van der Waals surface area contributed by atoms with Gasteiger partial charge in [-0.3, -0.25) is 0 Å². The molecule has 0 radical (unpaired) electrons. The lowest BCUT2D eigenvalue weighted by Crippen LogP contribution is -2.45. The Morgan fingerprint density at radius 1 is 0.846 bits per heavy atom. The Kier molecular flexibility index (Phi) is 1.71. The molecule has 0 N–H and O–H groups in total. The van der Waals surface area contributed by atoms with Gasteiger partial charge in [0.25, 0.3) is 0 Å². The highest BCUT2D eigenvalue weighted by Gasteiger charge is 2.58. The van der Waals surface area contributed by atoms with Gasteiger partial charge in [0, 0.05) is 0 Å². The summed E-state index contributed by atoms with van der Waals surface area (Å²) < 4.78 is 0. The zero-order valence-electron chi connectivity index (χ0n) is 9.91. The lowest BCUT2D eigenvalue weighted by Gasteiger charge is -2.53. The molecular formula is C13H24. The van der Waals surface area contributed by atoms with E-state index in [1.807, 2.05) is 0 Å². The first-order chi connectivity index (χ1) is 5.80. The lowest BCUT2D eigenvalue weighted by molar-refractivity contribution is -0.0379. The van der Waals surface area contributed by atoms with Crippen molar-refractivity contribution >= 4 is 0 Å². The molecule has 2 saturated carbocycles. The molecule has 13 heavy (non-hydrogen) atoms. The smallest absolute Gasteiger partial charge is 0.0267 e. The summed E-state index contributed by atoms with van der Waals surface area (Å²) in [5.74, 6) is 0.957. The maximum absolute atomic E-state index is 2.52. The van der Waals surface area contributed by atoms with Crippen LogP contribution in [0.25, 0.3) is 0 Å². The lowest BCUT2D eigenvalue weighted by atomic mass is 9.52. The highest BCUT2D eigenvalue weighted by Crippen LogP contribution is 2.67. The minimum Gasteiger partial charge on any atom is -0.0596 e. The fourth-order valence-electron chi connectivity index (χ4n) is 4.15. The number of rotatable bonds is 0. The molecule has 0 saturated heterocycles. The van der Waals surface area contributed by atoms with Crippen molar-refractivity contribution in [1.29, 1.82) is 0 Å². The molecule has 0 aromatic carbocycles. The average molecular weight is 180 g/mol. The maximum Gasteiger partial charge on any atom is -0.0267 e. The van der Waals surface area contributed by atoms with E-state index in [1.165, 1.54) is 25.7 Å². The quantitative estimate of drug-likeness (QED) is 0.523. The summed E-state index contributed by atoms with van der Waals surface area (Å²) in [4.78, 5) is 0. The number of fused-ring (bicyclic) bond motifs is 2. The largest absolute Gasteiger partial charge is 0.0596 e. The topological polar surface area (TPSA) is 0 Å². The Morgan fingerprint density at radius 3 is 2.00 bits per heavy atom. The van der Waals surface area contributed by atoms with Gasteiger partial charge in [-0.2, -0.15) is 0 Å². The first kappa shape index (κ1) is 9.55. The van der Waals surface area contributed by atoms with Crippen molar-refractivity contribution in [3.8, 4) is 0 Å². The van der Waals surface area contributed by atoms with Crippen molar-refractivity contribution in [2.24, 2.45) is 22.2 Å². The number of hydrogen-bond acceptors (Lipinski definition) is 0. The minimum absolute atomic E-state index is 0.578. The monoisotopic (exact) mass is 180 g/mol. The third kappa shape index (κ3) is 1.04. The molecular weight excluding hydrogens is 156 g/mol. The molecule has 0 amide bonds. The van der Waals surface area contributed by atoms with Crippen LogP contribution in [0.1, 0.15) is 60.3 Å². The van der Waals surface area contributed by atoms with Crippen LogP contribution in [0.2, 0.25) is 0 Å². The second kappa shape index (κ2) is 2.32. The highest BCUT2D eigenvalue weighted by molar-refractivity contribution is 5.08. The molecule has 2 rings (SSSR count). The predicted molar refractivity (Wildman–Crippen MR) is 57.6 cm³/mol. The van der Waals surface area contributed by atoms with Crippen LogP contribution in [0.5, 0.6) is 0 Å². The molecule has 2 unspecified atom stereocenters. The molecule has 2 bridgehead atoms. The molecule has 0 nitrogen and oxygen atoms in total. The molecule has 0 aromatic heterocycles. The van der Waals surface area contributed by atoms with Crippen molar-refractivity contribution in [1.82, 2.24) is 0 Å². The summed E-state index contributed by atoms with van der Waals surface area (Å²) in [6.45, 7) is 12.5. The standard InChI is InChI=1S/C13H24/c1-11(2)8-9-13(5)7-6-10(11)12(13,3)4/h10H,6-9H2,1-5H3. The summed E-state index contributed by atoms with van der Waals surface area (Å²) in [6.07, 6.45) is 5.83. The van der Waals surface area contributed by atoms with E-state index < -0.39 is 0 Å². The van der Waals surface area contributed by atoms with E-state index in [4.69, 9.17) is 0 Å². The van der Waals surface area contributed by atoms with E-state index in [9.17, 15) is 0 Å². The second-order valence-corrected chi connectivity index (χ2v) is 6.86. The molecule has 76 valence electrons.